The van der Waals surface area contributed by atoms with Crippen molar-refractivity contribution in [2.24, 2.45) is 9.98 Å². The summed E-state index contributed by atoms with van der Waals surface area (Å²) < 4.78 is -0.130. The molecule has 2 spiro atoms. The van der Waals surface area contributed by atoms with Gasteiger partial charge in [-0.3, -0.25) is 9.98 Å². The van der Waals surface area contributed by atoms with Crippen molar-refractivity contribution >= 4 is 45.4 Å². The van der Waals surface area contributed by atoms with Crippen LogP contribution >= 0.6 is 35.3 Å². The molecular weight excluding hydrogens is 424 g/mol. The van der Waals surface area contributed by atoms with E-state index >= 15 is 0 Å². The van der Waals surface area contributed by atoms with E-state index in [9.17, 15) is 0 Å². The normalized spacial score (nSPS) is 26.7. The lowest BCUT2D eigenvalue weighted by atomic mass is 9.95. The van der Waals surface area contributed by atoms with Crippen LogP contribution in [0.25, 0.3) is 0 Å². The molecule has 0 radical (unpaired) electrons. The second kappa shape index (κ2) is 8.07. The van der Waals surface area contributed by atoms with Crippen LogP contribution in [0.5, 0.6) is 0 Å². The summed E-state index contributed by atoms with van der Waals surface area (Å²) in [5.74, 6) is 0.968. The highest BCUT2D eigenvalue weighted by molar-refractivity contribution is 8.31. The van der Waals surface area contributed by atoms with Crippen molar-refractivity contribution in [3.63, 3.8) is 0 Å². The van der Waals surface area contributed by atoms with Gasteiger partial charge in [-0.25, -0.2) is 0 Å². The molecule has 2 nitrogen and oxygen atoms in total. The Bertz CT molecular complexity index is 962. The molecule has 0 bridgehead atoms. The van der Waals surface area contributed by atoms with E-state index in [0.717, 1.165) is 10.8 Å². The molecule has 30 heavy (non-hydrogen) atoms. The van der Waals surface area contributed by atoms with E-state index in [-0.39, 0.29) is 14.5 Å². The molecule has 2 heterocycles. The maximum Gasteiger partial charge on any atom is 0.142 e. The molecule has 1 aliphatic carbocycles. The molecule has 2 aliphatic heterocycles. The van der Waals surface area contributed by atoms with Gasteiger partial charge in [0.05, 0.1) is 10.6 Å². The lowest BCUT2D eigenvalue weighted by molar-refractivity contribution is 0.412. The van der Waals surface area contributed by atoms with E-state index in [4.69, 9.17) is 9.98 Å². The van der Waals surface area contributed by atoms with Crippen LogP contribution in [0.1, 0.15) is 57.1 Å². The summed E-state index contributed by atoms with van der Waals surface area (Å²) in [6.07, 6.45) is 6.33. The number of rotatable bonds is 3. The highest BCUT2D eigenvalue weighted by Gasteiger charge is 2.63. The van der Waals surface area contributed by atoms with Gasteiger partial charge in [0.2, 0.25) is 0 Å². The third-order valence-corrected chi connectivity index (χ3v) is 11.5. The standard InChI is InChI=1S/C25H28N2S3/c1-23(2)25(29-21(26-23)20-14-8-4-9-15-20)22(28-18-19-12-6-3-7-13-19)27-24(30-25)16-10-5-11-17-24/h3-4,6-9,12-15H,5,10-11,16-18H2,1-2H3/t25-/m0/s1. The Morgan fingerprint density at radius 2 is 1.53 bits per heavy atom. The minimum Gasteiger partial charge on any atom is -0.269 e. The fourth-order valence-electron chi connectivity index (χ4n) is 4.53. The van der Waals surface area contributed by atoms with Gasteiger partial charge in [-0.2, -0.15) is 0 Å². The Morgan fingerprint density at radius 1 is 0.867 bits per heavy atom. The smallest absolute Gasteiger partial charge is 0.142 e. The van der Waals surface area contributed by atoms with E-state index in [1.165, 1.54) is 48.3 Å². The minimum atomic E-state index is -0.197. The molecule has 0 unspecified atom stereocenters. The molecule has 0 aromatic heterocycles. The SMILES string of the molecule is CC1(C)N=C(c2ccccc2)S[C@@]12SC1(CCCCC1)N=C2SCc1ccccc1. The average Bonchev–Trinajstić information content (AvgIpc) is 3.22. The van der Waals surface area contributed by atoms with Gasteiger partial charge in [0, 0.05) is 11.3 Å². The lowest BCUT2D eigenvalue weighted by Crippen LogP contribution is -2.45. The first kappa shape index (κ1) is 20.7. The first-order valence-corrected chi connectivity index (χ1v) is 13.5. The van der Waals surface area contributed by atoms with Crippen LogP contribution in [0.2, 0.25) is 0 Å². The van der Waals surface area contributed by atoms with Crippen LogP contribution in [-0.4, -0.2) is 24.6 Å². The van der Waals surface area contributed by atoms with E-state index < -0.39 is 0 Å². The Hall–Kier alpha value is -1.17. The molecule has 5 heteroatoms. The van der Waals surface area contributed by atoms with Gasteiger partial charge in [0.25, 0.3) is 0 Å². The monoisotopic (exact) mass is 452 g/mol. The van der Waals surface area contributed by atoms with Gasteiger partial charge in [-0.05, 0) is 32.3 Å². The van der Waals surface area contributed by atoms with E-state index in [1.807, 2.05) is 23.5 Å². The Balaban J connectivity index is 1.49. The molecule has 0 saturated heterocycles. The fourth-order valence-corrected chi connectivity index (χ4v) is 10.1. The predicted octanol–water partition coefficient (Wildman–Crippen LogP) is 7.39. The molecular formula is C25H28N2S3. The van der Waals surface area contributed by atoms with Crippen molar-refractivity contribution in [2.45, 2.75) is 66.2 Å². The molecule has 2 aromatic carbocycles. The molecule has 0 amide bonds. The third-order valence-electron chi connectivity index (χ3n) is 6.22. The van der Waals surface area contributed by atoms with Gasteiger partial charge >= 0.3 is 0 Å². The summed E-state index contributed by atoms with van der Waals surface area (Å²) in [4.78, 5) is 10.8. The minimum absolute atomic E-state index is 0.0448. The van der Waals surface area contributed by atoms with Crippen molar-refractivity contribution in [3.05, 3.63) is 71.8 Å². The molecule has 2 aromatic rings. The molecule has 1 saturated carbocycles. The number of thioether (sulfide) groups is 3. The topological polar surface area (TPSA) is 24.7 Å². The molecule has 1 fully saturated rings. The number of benzene rings is 2. The highest BCUT2D eigenvalue weighted by Crippen LogP contribution is 2.66. The summed E-state index contributed by atoms with van der Waals surface area (Å²) in [6, 6.07) is 21.5. The van der Waals surface area contributed by atoms with Crippen molar-refractivity contribution in [1.29, 1.82) is 0 Å². The van der Waals surface area contributed by atoms with Crippen molar-refractivity contribution in [2.75, 3.05) is 0 Å². The Labute approximate surface area is 192 Å². The summed E-state index contributed by atoms with van der Waals surface area (Å²) in [5, 5.41) is 2.46. The van der Waals surface area contributed by atoms with Gasteiger partial charge in [0.15, 0.2) is 0 Å². The van der Waals surface area contributed by atoms with Gasteiger partial charge in [0.1, 0.15) is 14.0 Å². The van der Waals surface area contributed by atoms with Gasteiger partial charge in [-0.15, -0.1) is 23.5 Å². The van der Waals surface area contributed by atoms with Crippen molar-refractivity contribution < 1.29 is 0 Å². The second-order valence-electron chi connectivity index (χ2n) is 8.86. The van der Waals surface area contributed by atoms with Crippen LogP contribution in [0.15, 0.2) is 70.6 Å². The fraction of sp³-hybridized carbons (Fsp3) is 0.440. The molecule has 1 atom stereocenters. The van der Waals surface area contributed by atoms with Crippen molar-refractivity contribution in [1.82, 2.24) is 0 Å². The van der Waals surface area contributed by atoms with Crippen LogP contribution in [0.4, 0.5) is 0 Å². The Morgan fingerprint density at radius 3 is 2.23 bits per heavy atom. The molecule has 0 N–H and O–H groups in total. The summed E-state index contributed by atoms with van der Waals surface area (Å²) in [6.45, 7) is 4.62. The van der Waals surface area contributed by atoms with Crippen LogP contribution in [0.3, 0.4) is 0 Å². The number of hydrogen-bond acceptors (Lipinski definition) is 5. The zero-order chi connectivity index (χ0) is 20.7. The molecule has 5 rings (SSSR count). The lowest BCUT2D eigenvalue weighted by Gasteiger charge is -2.38. The first-order valence-electron chi connectivity index (χ1n) is 10.8. The Kier molecular flexibility index (Phi) is 5.57. The van der Waals surface area contributed by atoms with Crippen LogP contribution in [-0.2, 0) is 5.75 Å². The summed E-state index contributed by atoms with van der Waals surface area (Å²) in [7, 11) is 0. The first-order chi connectivity index (χ1) is 14.5. The van der Waals surface area contributed by atoms with Crippen LogP contribution in [0, 0.1) is 0 Å². The van der Waals surface area contributed by atoms with Gasteiger partial charge < -0.3 is 0 Å². The van der Waals surface area contributed by atoms with E-state index in [2.05, 4.69) is 86.3 Å². The van der Waals surface area contributed by atoms with Gasteiger partial charge in [-0.1, -0.05) is 91.7 Å². The zero-order valence-electron chi connectivity index (χ0n) is 17.6. The second-order valence-corrected chi connectivity index (χ2v) is 12.9. The highest BCUT2D eigenvalue weighted by atomic mass is 32.2. The third kappa shape index (κ3) is 3.67. The predicted molar refractivity (Wildman–Crippen MR) is 136 cm³/mol. The zero-order valence-corrected chi connectivity index (χ0v) is 20.1. The van der Waals surface area contributed by atoms with E-state index in [1.54, 1.807) is 0 Å². The van der Waals surface area contributed by atoms with Crippen LogP contribution < -0.4 is 0 Å². The number of nitrogens with zero attached hydrogens (tertiary/aromatic N) is 2. The number of aliphatic imine (C=N–C) groups is 2. The molecule has 3 aliphatic rings. The van der Waals surface area contributed by atoms with E-state index in [0.29, 0.717) is 0 Å². The summed E-state index contributed by atoms with van der Waals surface area (Å²) in [5.41, 5.74) is 2.39. The maximum atomic E-state index is 5.50. The number of hydrogen-bond donors (Lipinski definition) is 0. The maximum absolute atomic E-state index is 5.50. The largest absolute Gasteiger partial charge is 0.269 e. The van der Waals surface area contributed by atoms with Crippen molar-refractivity contribution in [3.8, 4) is 0 Å². The molecule has 156 valence electrons. The average molecular weight is 453 g/mol. The summed E-state index contributed by atoms with van der Waals surface area (Å²) >= 11 is 6.00. The quantitative estimate of drug-likeness (QED) is 0.485.